The first-order chi connectivity index (χ1) is 8.77. The molecular formula is C12H16ClN3O2S. The smallest absolute Gasteiger partial charge is 0.241 e. The first kappa shape index (κ1) is 15.9. The Kier molecular flexibility index (Phi) is 5.32. The third-order valence-corrected chi connectivity index (χ3v) is 4.42. The fourth-order valence-corrected chi connectivity index (χ4v) is 2.82. The van der Waals surface area contributed by atoms with E-state index in [1.54, 1.807) is 0 Å². The zero-order chi connectivity index (χ0) is 14.6. The van der Waals surface area contributed by atoms with Crippen molar-refractivity contribution < 1.29 is 8.42 Å². The topological polar surface area (TPSA) is 96.0 Å². The molecule has 0 radical (unpaired) electrons. The minimum Gasteiger partial charge on any atom is -0.326 e. The van der Waals surface area contributed by atoms with Crippen molar-refractivity contribution in [3.63, 3.8) is 0 Å². The predicted molar refractivity (Wildman–Crippen MR) is 74.2 cm³/mol. The van der Waals surface area contributed by atoms with Crippen LogP contribution in [0.1, 0.15) is 19.4 Å². The molecule has 0 saturated heterocycles. The number of sulfonamides is 1. The monoisotopic (exact) mass is 301 g/mol. The Morgan fingerprint density at radius 2 is 2.11 bits per heavy atom. The minimum absolute atomic E-state index is 0.0509. The summed E-state index contributed by atoms with van der Waals surface area (Å²) in [6, 6.07) is 5.64. The lowest BCUT2D eigenvalue weighted by molar-refractivity contribution is 0.481. The zero-order valence-electron chi connectivity index (χ0n) is 10.7. The lowest BCUT2D eigenvalue weighted by Crippen LogP contribution is -2.40. The molecule has 1 atom stereocenters. The van der Waals surface area contributed by atoms with E-state index in [1.165, 1.54) is 18.2 Å². The molecular weight excluding hydrogens is 286 g/mol. The van der Waals surface area contributed by atoms with Crippen LogP contribution in [0.5, 0.6) is 0 Å². The van der Waals surface area contributed by atoms with Gasteiger partial charge in [-0.15, -0.1) is 0 Å². The van der Waals surface area contributed by atoms with Gasteiger partial charge in [0.1, 0.15) is 11.0 Å². The average Bonchev–Trinajstić information content (AvgIpc) is 2.35. The van der Waals surface area contributed by atoms with Crippen molar-refractivity contribution in [2.45, 2.75) is 24.8 Å². The summed E-state index contributed by atoms with van der Waals surface area (Å²) < 4.78 is 26.6. The predicted octanol–water partition coefficient (Wildman–Crippen LogP) is 1.47. The van der Waals surface area contributed by atoms with Crippen molar-refractivity contribution in [2.75, 3.05) is 6.54 Å². The average molecular weight is 302 g/mol. The van der Waals surface area contributed by atoms with Gasteiger partial charge in [0.2, 0.25) is 10.0 Å². The number of nitrogens with one attached hydrogen (secondary N) is 1. The second-order valence-corrected chi connectivity index (χ2v) is 6.68. The van der Waals surface area contributed by atoms with E-state index in [0.29, 0.717) is 0 Å². The third-order valence-electron chi connectivity index (χ3n) is 2.72. The molecule has 0 heterocycles. The van der Waals surface area contributed by atoms with Gasteiger partial charge in [-0.25, -0.2) is 13.1 Å². The molecule has 3 N–H and O–H groups in total. The summed E-state index contributed by atoms with van der Waals surface area (Å²) in [5.41, 5.74) is 5.84. The molecule has 0 amide bonds. The number of hydrogen-bond donors (Lipinski definition) is 2. The maximum Gasteiger partial charge on any atom is 0.241 e. The molecule has 0 aliphatic carbocycles. The fraction of sp³-hybridized carbons (Fsp3) is 0.417. The van der Waals surface area contributed by atoms with Crippen molar-refractivity contribution in [2.24, 2.45) is 11.7 Å². The van der Waals surface area contributed by atoms with Crippen molar-refractivity contribution >= 4 is 21.6 Å². The molecule has 1 aromatic carbocycles. The van der Waals surface area contributed by atoms with Gasteiger partial charge in [0.15, 0.2) is 0 Å². The van der Waals surface area contributed by atoms with Crippen LogP contribution in [-0.4, -0.2) is 21.0 Å². The summed E-state index contributed by atoms with van der Waals surface area (Å²) in [6.07, 6.45) is 0. The first-order valence-corrected chi connectivity index (χ1v) is 7.59. The van der Waals surface area contributed by atoms with E-state index in [0.717, 1.165) is 0 Å². The molecule has 5 nitrogen and oxygen atoms in total. The number of nitrogens with two attached hydrogens (primary N) is 1. The highest BCUT2D eigenvalue weighted by Crippen LogP contribution is 2.20. The molecule has 0 aliphatic heterocycles. The van der Waals surface area contributed by atoms with E-state index < -0.39 is 10.0 Å². The van der Waals surface area contributed by atoms with Crippen molar-refractivity contribution in [1.82, 2.24) is 4.72 Å². The summed E-state index contributed by atoms with van der Waals surface area (Å²) in [4.78, 5) is -0.126. The molecule has 0 fully saturated rings. The van der Waals surface area contributed by atoms with Gasteiger partial charge in [0, 0.05) is 17.6 Å². The van der Waals surface area contributed by atoms with E-state index >= 15 is 0 Å². The van der Waals surface area contributed by atoms with Crippen LogP contribution >= 0.6 is 11.6 Å². The number of nitriles is 1. The van der Waals surface area contributed by atoms with E-state index in [4.69, 9.17) is 22.6 Å². The molecule has 0 aromatic heterocycles. The Morgan fingerprint density at radius 1 is 1.47 bits per heavy atom. The molecule has 104 valence electrons. The van der Waals surface area contributed by atoms with Gasteiger partial charge in [-0.3, -0.25) is 0 Å². The van der Waals surface area contributed by atoms with Gasteiger partial charge < -0.3 is 5.73 Å². The summed E-state index contributed by atoms with van der Waals surface area (Å²) in [5.74, 6) is 0.150. The Bertz CT molecular complexity index is 593. The molecule has 0 aliphatic rings. The molecule has 19 heavy (non-hydrogen) atoms. The number of nitrogens with zero attached hydrogens (tertiary/aromatic N) is 1. The summed E-state index contributed by atoms with van der Waals surface area (Å²) in [7, 11) is -3.79. The maximum atomic E-state index is 12.1. The van der Waals surface area contributed by atoms with E-state index in [9.17, 15) is 8.42 Å². The molecule has 1 aromatic rings. The molecule has 7 heteroatoms. The number of halogens is 1. The highest BCUT2D eigenvalue weighted by molar-refractivity contribution is 7.89. The maximum absolute atomic E-state index is 12.1. The normalized spacial score (nSPS) is 13.3. The van der Waals surface area contributed by atoms with E-state index in [-0.39, 0.29) is 34.0 Å². The van der Waals surface area contributed by atoms with Crippen molar-refractivity contribution in [3.8, 4) is 6.07 Å². The molecule has 1 rings (SSSR count). The Morgan fingerprint density at radius 3 is 2.63 bits per heavy atom. The van der Waals surface area contributed by atoms with Gasteiger partial charge in [0.05, 0.1) is 5.56 Å². The number of rotatable bonds is 5. The van der Waals surface area contributed by atoms with Gasteiger partial charge in [-0.2, -0.15) is 5.26 Å². The number of benzene rings is 1. The molecule has 0 bridgehead atoms. The second kappa shape index (κ2) is 6.35. The van der Waals surface area contributed by atoms with E-state index in [1.807, 2.05) is 19.9 Å². The Hall–Kier alpha value is -1.13. The third kappa shape index (κ3) is 4.18. The summed E-state index contributed by atoms with van der Waals surface area (Å²) in [5, 5.41) is 9.19. The summed E-state index contributed by atoms with van der Waals surface area (Å²) >= 11 is 5.77. The standard InChI is InChI=1S/C12H16ClN3O2S/c1-8(2)11(15)7-16-19(17,18)12-5-10(13)4-3-9(12)6-14/h3-5,8,11,16H,7,15H2,1-2H3. The highest BCUT2D eigenvalue weighted by atomic mass is 35.5. The molecule has 0 saturated carbocycles. The molecule has 0 spiro atoms. The van der Waals surface area contributed by atoms with Gasteiger partial charge >= 0.3 is 0 Å². The largest absolute Gasteiger partial charge is 0.326 e. The molecule has 1 unspecified atom stereocenters. The van der Waals surface area contributed by atoms with Crippen LogP contribution in [0.2, 0.25) is 5.02 Å². The van der Waals surface area contributed by atoms with Gasteiger partial charge in [-0.1, -0.05) is 25.4 Å². The Balaban J connectivity index is 3.01. The first-order valence-electron chi connectivity index (χ1n) is 5.73. The van der Waals surface area contributed by atoms with Crippen molar-refractivity contribution in [3.05, 3.63) is 28.8 Å². The zero-order valence-corrected chi connectivity index (χ0v) is 12.3. The second-order valence-electron chi connectivity index (χ2n) is 4.51. The van der Waals surface area contributed by atoms with Gasteiger partial charge in [-0.05, 0) is 24.1 Å². The van der Waals surface area contributed by atoms with E-state index in [2.05, 4.69) is 4.72 Å². The Labute approximate surface area is 118 Å². The van der Waals surface area contributed by atoms with Crippen LogP contribution in [0.25, 0.3) is 0 Å². The van der Waals surface area contributed by atoms with Gasteiger partial charge in [0.25, 0.3) is 0 Å². The van der Waals surface area contributed by atoms with Crippen LogP contribution < -0.4 is 10.5 Å². The lowest BCUT2D eigenvalue weighted by Gasteiger charge is -2.16. The SMILES string of the molecule is CC(C)C(N)CNS(=O)(=O)c1cc(Cl)ccc1C#N. The van der Waals surface area contributed by atoms with Crippen LogP contribution in [0, 0.1) is 17.2 Å². The minimum atomic E-state index is -3.79. The number of hydrogen-bond acceptors (Lipinski definition) is 4. The highest BCUT2D eigenvalue weighted by Gasteiger charge is 2.20. The van der Waals surface area contributed by atoms with Crippen LogP contribution in [0.15, 0.2) is 23.1 Å². The van der Waals surface area contributed by atoms with Crippen molar-refractivity contribution in [1.29, 1.82) is 5.26 Å². The van der Waals surface area contributed by atoms with Crippen LogP contribution in [0.4, 0.5) is 0 Å². The van der Waals surface area contributed by atoms with Crippen LogP contribution in [0.3, 0.4) is 0 Å². The quantitative estimate of drug-likeness (QED) is 0.861. The fourth-order valence-electron chi connectivity index (χ4n) is 1.33. The van der Waals surface area contributed by atoms with Crippen LogP contribution in [-0.2, 0) is 10.0 Å². The lowest BCUT2D eigenvalue weighted by atomic mass is 10.1. The summed E-state index contributed by atoms with van der Waals surface area (Å²) in [6.45, 7) is 3.91.